The summed E-state index contributed by atoms with van der Waals surface area (Å²) in [4.78, 5) is 0. The smallest absolute Gasteiger partial charge is 0.0286 e. The lowest BCUT2D eigenvalue weighted by Gasteiger charge is -2.20. The van der Waals surface area contributed by atoms with E-state index in [2.05, 4.69) is 25.7 Å². The van der Waals surface area contributed by atoms with Crippen LogP contribution in [-0.4, -0.2) is 19.0 Å². The number of nitrogens with one attached hydrogen (secondary N) is 1. The Hall–Kier alpha value is -0.0100. The average Bonchev–Trinajstić information content (AvgIpc) is 1.89. The summed E-state index contributed by atoms with van der Waals surface area (Å²) >= 11 is 5.71. The van der Waals surface area contributed by atoms with Gasteiger partial charge in [0.2, 0.25) is 0 Å². The lowest BCUT2D eigenvalue weighted by atomic mass is 9.97. The van der Waals surface area contributed by atoms with Gasteiger partial charge >= 0.3 is 0 Å². The van der Waals surface area contributed by atoms with Gasteiger partial charge in [0.15, 0.2) is 0 Å². The molecule has 0 saturated heterocycles. The van der Waals surface area contributed by atoms with Crippen molar-refractivity contribution in [1.29, 1.82) is 0 Å². The first kappa shape index (κ1) is 9.99. The molecule has 0 saturated carbocycles. The molecule has 0 aromatic heterocycles. The fraction of sp³-hybridized carbons (Fsp3) is 0.750. The molecule has 0 bridgehead atoms. The van der Waals surface area contributed by atoms with E-state index in [9.17, 15) is 0 Å². The Morgan fingerprint density at radius 1 is 1.60 bits per heavy atom. The van der Waals surface area contributed by atoms with Crippen molar-refractivity contribution in [3.63, 3.8) is 0 Å². The maximum Gasteiger partial charge on any atom is 0.0286 e. The highest BCUT2D eigenvalue weighted by molar-refractivity contribution is 6.18. The fourth-order valence-electron chi connectivity index (χ4n) is 0.560. The minimum atomic E-state index is 0.199. The summed E-state index contributed by atoms with van der Waals surface area (Å²) in [5.74, 6) is 0.692. The van der Waals surface area contributed by atoms with E-state index in [1.54, 1.807) is 0 Å². The molecule has 10 heavy (non-hydrogen) atoms. The Kier molecular flexibility index (Phi) is 4.75. The molecule has 0 spiro atoms. The lowest BCUT2D eigenvalue weighted by molar-refractivity contribution is 0.395. The lowest BCUT2D eigenvalue weighted by Crippen LogP contribution is -2.30. The van der Waals surface area contributed by atoms with Gasteiger partial charge in [0.05, 0.1) is 0 Å². The second-order valence-corrected chi connectivity index (χ2v) is 3.48. The van der Waals surface area contributed by atoms with Crippen LogP contribution in [0.4, 0.5) is 0 Å². The Morgan fingerprint density at radius 2 is 2.20 bits per heavy atom. The van der Waals surface area contributed by atoms with Gasteiger partial charge in [-0.05, 0) is 5.41 Å². The number of hydrogen-bond donors (Lipinski definition) is 1. The summed E-state index contributed by atoms with van der Waals surface area (Å²) < 4.78 is 0. The van der Waals surface area contributed by atoms with E-state index in [0.717, 1.165) is 13.1 Å². The topological polar surface area (TPSA) is 12.0 Å². The van der Waals surface area contributed by atoms with Crippen LogP contribution >= 0.6 is 11.6 Å². The minimum Gasteiger partial charge on any atom is -0.313 e. The second kappa shape index (κ2) is 4.75. The first-order valence-electron chi connectivity index (χ1n) is 3.50. The van der Waals surface area contributed by atoms with Crippen molar-refractivity contribution >= 4 is 11.6 Å². The summed E-state index contributed by atoms with van der Waals surface area (Å²) in [6.07, 6.45) is 1.85. The molecular formula is C8H16ClN. The molecule has 0 atom stereocenters. The van der Waals surface area contributed by atoms with Crippen molar-refractivity contribution in [2.45, 2.75) is 13.8 Å². The summed E-state index contributed by atoms with van der Waals surface area (Å²) in [5, 5.41) is 3.22. The van der Waals surface area contributed by atoms with Crippen LogP contribution in [0.5, 0.6) is 0 Å². The Bertz CT molecular complexity index is 99.4. The van der Waals surface area contributed by atoms with Crippen LogP contribution in [0, 0.1) is 5.41 Å². The quantitative estimate of drug-likeness (QED) is 0.370. The van der Waals surface area contributed by atoms with Crippen LogP contribution in [0.3, 0.4) is 0 Å². The Balaban J connectivity index is 3.36. The standard InChI is InChI=1S/C8H16ClN/c1-4-5-10-7-8(2,3)6-9/h4,10H,1,5-7H2,2-3H3. The third-order valence-corrected chi connectivity index (χ3v) is 1.98. The SMILES string of the molecule is C=CCNCC(C)(C)CCl. The van der Waals surface area contributed by atoms with Crippen LogP contribution in [0.2, 0.25) is 0 Å². The maximum absolute atomic E-state index is 5.71. The molecule has 0 aromatic rings. The predicted molar refractivity (Wildman–Crippen MR) is 47.6 cm³/mol. The number of rotatable bonds is 5. The highest BCUT2D eigenvalue weighted by Gasteiger charge is 2.14. The molecule has 0 aliphatic carbocycles. The summed E-state index contributed by atoms with van der Waals surface area (Å²) in [6.45, 7) is 9.69. The van der Waals surface area contributed by atoms with Crippen molar-refractivity contribution in [2.75, 3.05) is 19.0 Å². The van der Waals surface area contributed by atoms with Crippen LogP contribution in [-0.2, 0) is 0 Å². The third kappa shape index (κ3) is 4.83. The Labute approximate surface area is 68.5 Å². The van der Waals surface area contributed by atoms with Crippen molar-refractivity contribution in [1.82, 2.24) is 5.32 Å². The largest absolute Gasteiger partial charge is 0.313 e. The molecule has 0 amide bonds. The molecule has 0 aromatic carbocycles. The zero-order chi connectivity index (χ0) is 8.04. The first-order valence-corrected chi connectivity index (χ1v) is 4.03. The molecule has 0 fully saturated rings. The van der Waals surface area contributed by atoms with E-state index in [1.165, 1.54) is 0 Å². The van der Waals surface area contributed by atoms with E-state index in [4.69, 9.17) is 11.6 Å². The molecule has 2 heteroatoms. The molecular weight excluding hydrogens is 146 g/mol. The van der Waals surface area contributed by atoms with E-state index in [1.807, 2.05) is 6.08 Å². The number of alkyl halides is 1. The van der Waals surface area contributed by atoms with Crippen molar-refractivity contribution in [3.8, 4) is 0 Å². The fourth-order valence-corrected chi connectivity index (χ4v) is 0.654. The summed E-state index contributed by atoms with van der Waals surface area (Å²) in [6, 6.07) is 0. The van der Waals surface area contributed by atoms with Crippen LogP contribution in [0.25, 0.3) is 0 Å². The van der Waals surface area contributed by atoms with Crippen LogP contribution in [0.1, 0.15) is 13.8 Å². The minimum absolute atomic E-state index is 0.199. The van der Waals surface area contributed by atoms with Crippen molar-refractivity contribution < 1.29 is 0 Å². The highest BCUT2D eigenvalue weighted by atomic mass is 35.5. The van der Waals surface area contributed by atoms with Gasteiger partial charge in [-0.15, -0.1) is 18.2 Å². The molecule has 0 unspecified atom stereocenters. The van der Waals surface area contributed by atoms with Gasteiger partial charge in [0.25, 0.3) is 0 Å². The van der Waals surface area contributed by atoms with E-state index >= 15 is 0 Å². The van der Waals surface area contributed by atoms with E-state index in [0.29, 0.717) is 5.88 Å². The Morgan fingerprint density at radius 3 is 2.60 bits per heavy atom. The molecule has 0 heterocycles. The summed E-state index contributed by atoms with van der Waals surface area (Å²) in [7, 11) is 0. The average molecular weight is 162 g/mol. The summed E-state index contributed by atoms with van der Waals surface area (Å²) in [5.41, 5.74) is 0.199. The molecule has 1 N–H and O–H groups in total. The molecule has 60 valence electrons. The molecule has 0 aliphatic heterocycles. The maximum atomic E-state index is 5.71. The van der Waals surface area contributed by atoms with Gasteiger partial charge in [-0.1, -0.05) is 19.9 Å². The highest BCUT2D eigenvalue weighted by Crippen LogP contribution is 2.14. The van der Waals surface area contributed by atoms with Gasteiger partial charge < -0.3 is 5.32 Å². The van der Waals surface area contributed by atoms with Gasteiger partial charge in [0, 0.05) is 19.0 Å². The van der Waals surface area contributed by atoms with E-state index in [-0.39, 0.29) is 5.41 Å². The molecule has 1 nitrogen and oxygen atoms in total. The van der Waals surface area contributed by atoms with Crippen LogP contribution in [0.15, 0.2) is 12.7 Å². The monoisotopic (exact) mass is 161 g/mol. The zero-order valence-electron chi connectivity index (χ0n) is 6.78. The normalized spacial score (nSPS) is 11.5. The van der Waals surface area contributed by atoms with Crippen molar-refractivity contribution in [3.05, 3.63) is 12.7 Å². The predicted octanol–water partition coefficient (Wildman–Crippen LogP) is 2.03. The van der Waals surface area contributed by atoms with Gasteiger partial charge in [-0.3, -0.25) is 0 Å². The van der Waals surface area contributed by atoms with E-state index < -0.39 is 0 Å². The third-order valence-electron chi connectivity index (χ3n) is 1.25. The van der Waals surface area contributed by atoms with Crippen LogP contribution < -0.4 is 5.32 Å². The number of hydrogen-bond acceptors (Lipinski definition) is 1. The zero-order valence-corrected chi connectivity index (χ0v) is 7.54. The van der Waals surface area contributed by atoms with Gasteiger partial charge in [-0.2, -0.15) is 0 Å². The second-order valence-electron chi connectivity index (χ2n) is 3.22. The van der Waals surface area contributed by atoms with Crippen molar-refractivity contribution in [2.24, 2.45) is 5.41 Å². The number of halogens is 1. The molecule has 0 aliphatic rings. The first-order chi connectivity index (χ1) is 4.62. The van der Waals surface area contributed by atoms with Gasteiger partial charge in [-0.25, -0.2) is 0 Å². The molecule has 0 rings (SSSR count). The van der Waals surface area contributed by atoms with Gasteiger partial charge in [0.1, 0.15) is 0 Å². The molecule has 0 radical (unpaired) electrons.